The monoisotopic (exact) mass is 297 g/mol. The van der Waals surface area contributed by atoms with E-state index in [4.69, 9.17) is 4.74 Å². The van der Waals surface area contributed by atoms with E-state index in [2.05, 4.69) is 34.2 Å². The van der Waals surface area contributed by atoms with Crippen LogP contribution in [0.1, 0.15) is 32.3 Å². The fourth-order valence-corrected chi connectivity index (χ4v) is 2.60. The first-order chi connectivity index (χ1) is 8.10. The zero-order chi connectivity index (χ0) is 12.4. The van der Waals surface area contributed by atoms with Gasteiger partial charge in [-0.15, -0.1) is 0 Å². The van der Waals surface area contributed by atoms with Crippen molar-refractivity contribution >= 4 is 27.5 Å². The number of carbonyl (C=O) groups is 1. The number of benzene rings is 1. The number of rotatable bonds is 2. The molecule has 3 nitrogen and oxygen atoms in total. The number of fused-ring (bicyclic) bond motifs is 1. The molecule has 0 saturated heterocycles. The van der Waals surface area contributed by atoms with Gasteiger partial charge >= 0.3 is 0 Å². The molecule has 0 aliphatic carbocycles. The summed E-state index contributed by atoms with van der Waals surface area (Å²) in [5.41, 5.74) is 1.98. The molecule has 0 bridgehead atoms. The van der Waals surface area contributed by atoms with Gasteiger partial charge in [-0.25, -0.2) is 0 Å². The van der Waals surface area contributed by atoms with Gasteiger partial charge in [0.2, 0.25) is 5.91 Å². The minimum Gasteiger partial charge on any atom is -0.487 e. The summed E-state index contributed by atoms with van der Waals surface area (Å²) in [4.78, 5) is 11.6. The summed E-state index contributed by atoms with van der Waals surface area (Å²) < 4.78 is 6.67. The van der Waals surface area contributed by atoms with Crippen molar-refractivity contribution in [1.29, 1.82) is 0 Å². The van der Waals surface area contributed by atoms with Crippen LogP contribution in [0.2, 0.25) is 0 Å². The Kier molecular flexibility index (Phi) is 3.72. The molecule has 0 aromatic heterocycles. The van der Waals surface area contributed by atoms with E-state index in [1.165, 1.54) is 5.56 Å². The lowest BCUT2D eigenvalue weighted by atomic mass is 10.1. The van der Waals surface area contributed by atoms with Crippen molar-refractivity contribution in [3.8, 4) is 5.75 Å². The molecule has 4 heteroatoms. The van der Waals surface area contributed by atoms with Crippen molar-refractivity contribution in [2.45, 2.75) is 39.2 Å². The summed E-state index contributed by atoms with van der Waals surface area (Å²) in [6.45, 7) is 4.04. The third kappa shape index (κ3) is 2.80. The summed E-state index contributed by atoms with van der Waals surface area (Å²) in [5, 5.41) is 2.90. The summed E-state index contributed by atoms with van der Waals surface area (Å²) in [5.74, 6) is 0.750. The lowest BCUT2D eigenvalue weighted by molar-refractivity contribution is -0.117. The zero-order valence-electron chi connectivity index (χ0n) is 10.0. The van der Waals surface area contributed by atoms with E-state index in [1.807, 2.05) is 13.0 Å². The maximum atomic E-state index is 11.6. The van der Waals surface area contributed by atoms with E-state index < -0.39 is 0 Å². The average molecular weight is 298 g/mol. The Hall–Kier alpha value is -1.03. The first-order valence-electron chi connectivity index (χ1n) is 5.89. The fourth-order valence-electron chi connectivity index (χ4n) is 2.00. The van der Waals surface area contributed by atoms with E-state index >= 15 is 0 Å². The fraction of sp³-hybridized carbons (Fsp3) is 0.462. The molecule has 1 aromatic carbocycles. The van der Waals surface area contributed by atoms with Gasteiger partial charge in [0.1, 0.15) is 6.10 Å². The Morgan fingerprint density at radius 1 is 1.53 bits per heavy atom. The molecule has 1 aliphatic heterocycles. The van der Waals surface area contributed by atoms with E-state index in [0.29, 0.717) is 6.42 Å². The molecule has 0 fully saturated rings. The smallest absolute Gasteiger partial charge is 0.228 e. The summed E-state index contributed by atoms with van der Waals surface area (Å²) in [7, 11) is 0. The highest BCUT2D eigenvalue weighted by Crippen LogP contribution is 2.37. The van der Waals surface area contributed by atoms with Crippen LogP contribution in [0.25, 0.3) is 0 Å². The normalized spacial score (nSPS) is 19.0. The first-order valence-corrected chi connectivity index (χ1v) is 6.68. The first kappa shape index (κ1) is 12.4. The van der Waals surface area contributed by atoms with Crippen LogP contribution in [0, 0.1) is 0 Å². The number of anilines is 1. The molecule has 17 heavy (non-hydrogen) atoms. The van der Waals surface area contributed by atoms with Crippen molar-refractivity contribution in [1.82, 2.24) is 0 Å². The molecule has 2 rings (SSSR count). The van der Waals surface area contributed by atoms with Gasteiger partial charge < -0.3 is 10.1 Å². The standard InChI is InChI=1S/C13H16BrNO2/c1-3-4-9-6-10(14)13-11(7-9)15-12(16)5-8(2)17-13/h6-8H,3-5H2,1-2H3,(H,15,16). The molecule has 1 atom stereocenters. The average Bonchev–Trinajstić information content (AvgIpc) is 2.36. The molecule has 1 heterocycles. The van der Waals surface area contributed by atoms with Crippen LogP contribution in [0.5, 0.6) is 5.75 Å². The maximum absolute atomic E-state index is 11.6. The molecule has 1 aliphatic rings. The number of hydrogen-bond donors (Lipinski definition) is 1. The number of ether oxygens (including phenoxy) is 1. The Morgan fingerprint density at radius 3 is 3.00 bits per heavy atom. The van der Waals surface area contributed by atoms with E-state index in [-0.39, 0.29) is 12.0 Å². The van der Waals surface area contributed by atoms with Gasteiger partial charge in [-0.1, -0.05) is 13.3 Å². The molecule has 92 valence electrons. The molecular weight excluding hydrogens is 282 g/mol. The molecule has 1 aromatic rings. The minimum atomic E-state index is -0.0930. The van der Waals surface area contributed by atoms with E-state index in [9.17, 15) is 4.79 Å². The van der Waals surface area contributed by atoms with Crippen molar-refractivity contribution < 1.29 is 9.53 Å². The molecule has 1 amide bonds. The van der Waals surface area contributed by atoms with Crippen LogP contribution in [0.3, 0.4) is 0 Å². The number of amides is 1. The number of halogens is 1. The molecule has 1 unspecified atom stereocenters. The van der Waals surface area contributed by atoms with Crippen molar-refractivity contribution in [2.75, 3.05) is 5.32 Å². The van der Waals surface area contributed by atoms with Gasteiger partial charge in [-0.2, -0.15) is 0 Å². The molecule has 0 saturated carbocycles. The SMILES string of the molecule is CCCc1cc(Br)c2c(c1)NC(=O)CC(C)O2. The summed E-state index contributed by atoms with van der Waals surface area (Å²) >= 11 is 3.51. The second-order valence-corrected chi connectivity index (χ2v) is 5.24. The quantitative estimate of drug-likeness (QED) is 0.907. The predicted molar refractivity (Wildman–Crippen MR) is 71.5 cm³/mol. The Bertz CT molecular complexity index is 445. The Balaban J connectivity index is 2.42. The maximum Gasteiger partial charge on any atom is 0.228 e. The van der Waals surface area contributed by atoms with Crippen LogP contribution >= 0.6 is 15.9 Å². The molecule has 1 N–H and O–H groups in total. The third-order valence-corrected chi connectivity index (χ3v) is 3.30. The summed E-state index contributed by atoms with van der Waals surface area (Å²) in [6.07, 6.45) is 2.38. The van der Waals surface area contributed by atoms with Crippen LogP contribution in [0.15, 0.2) is 16.6 Å². The van der Waals surface area contributed by atoms with Gasteiger partial charge in [0, 0.05) is 0 Å². The van der Waals surface area contributed by atoms with Crippen molar-refractivity contribution in [2.24, 2.45) is 0 Å². The molecule has 0 radical (unpaired) electrons. The highest BCUT2D eigenvalue weighted by Gasteiger charge is 2.21. The van der Waals surface area contributed by atoms with E-state index in [1.54, 1.807) is 0 Å². The lowest BCUT2D eigenvalue weighted by Crippen LogP contribution is -2.17. The Morgan fingerprint density at radius 2 is 2.29 bits per heavy atom. The van der Waals surface area contributed by atoms with Crippen LogP contribution in [-0.2, 0) is 11.2 Å². The second kappa shape index (κ2) is 5.08. The largest absolute Gasteiger partial charge is 0.487 e. The Labute approximate surface area is 110 Å². The van der Waals surface area contributed by atoms with Gasteiger partial charge in [0.05, 0.1) is 16.6 Å². The van der Waals surface area contributed by atoms with Gasteiger partial charge in [0.15, 0.2) is 5.75 Å². The topological polar surface area (TPSA) is 38.3 Å². The number of nitrogens with one attached hydrogen (secondary N) is 1. The van der Waals surface area contributed by atoms with Crippen LogP contribution < -0.4 is 10.1 Å². The minimum absolute atomic E-state index is 0.0109. The van der Waals surface area contributed by atoms with Gasteiger partial charge in [0.25, 0.3) is 0 Å². The highest BCUT2D eigenvalue weighted by molar-refractivity contribution is 9.10. The lowest BCUT2D eigenvalue weighted by Gasteiger charge is -2.14. The van der Waals surface area contributed by atoms with E-state index in [0.717, 1.165) is 28.8 Å². The highest BCUT2D eigenvalue weighted by atomic mass is 79.9. The molecular formula is C13H16BrNO2. The third-order valence-electron chi connectivity index (χ3n) is 2.71. The zero-order valence-corrected chi connectivity index (χ0v) is 11.6. The number of carbonyl (C=O) groups excluding carboxylic acids is 1. The predicted octanol–water partition coefficient (Wildman–Crippen LogP) is 3.51. The van der Waals surface area contributed by atoms with Gasteiger partial charge in [-0.05, 0) is 47.0 Å². The number of aryl methyl sites for hydroxylation is 1. The van der Waals surface area contributed by atoms with Crippen molar-refractivity contribution in [3.63, 3.8) is 0 Å². The van der Waals surface area contributed by atoms with Crippen molar-refractivity contribution in [3.05, 3.63) is 22.2 Å². The van der Waals surface area contributed by atoms with Gasteiger partial charge in [-0.3, -0.25) is 4.79 Å². The number of hydrogen-bond acceptors (Lipinski definition) is 2. The second-order valence-electron chi connectivity index (χ2n) is 4.39. The summed E-state index contributed by atoms with van der Waals surface area (Å²) in [6, 6.07) is 4.06. The van der Waals surface area contributed by atoms with Crippen LogP contribution in [0.4, 0.5) is 5.69 Å². The van der Waals surface area contributed by atoms with Crippen LogP contribution in [-0.4, -0.2) is 12.0 Å². The molecule has 0 spiro atoms.